The Kier molecular flexibility index (Phi) is 6.31. The molecule has 2 rings (SSSR count). The molecule has 1 amide bonds. The molecule has 0 spiro atoms. The number of carbonyl (C=O) groups is 1. The van der Waals surface area contributed by atoms with E-state index in [2.05, 4.69) is 10.0 Å². The molecule has 2 N–H and O–H groups in total. The summed E-state index contributed by atoms with van der Waals surface area (Å²) in [4.78, 5) is 12.3. The first-order valence-electron chi connectivity index (χ1n) is 8.34. The Morgan fingerprint density at radius 1 is 1.12 bits per heavy atom. The van der Waals surface area contributed by atoms with Crippen LogP contribution >= 0.6 is 11.6 Å². The van der Waals surface area contributed by atoms with E-state index in [1.807, 2.05) is 33.8 Å². The van der Waals surface area contributed by atoms with Crippen molar-refractivity contribution in [2.45, 2.75) is 45.1 Å². The lowest BCUT2D eigenvalue weighted by atomic mass is 10.1. The third-order valence-electron chi connectivity index (χ3n) is 4.24. The van der Waals surface area contributed by atoms with Gasteiger partial charge in [-0.25, -0.2) is 8.42 Å². The molecule has 0 fully saturated rings. The smallest absolute Gasteiger partial charge is 0.261 e. The molecule has 0 aromatic heterocycles. The molecule has 0 aliphatic heterocycles. The Morgan fingerprint density at radius 2 is 1.81 bits per heavy atom. The predicted octanol–water partition coefficient (Wildman–Crippen LogP) is 4.29. The van der Waals surface area contributed by atoms with Crippen molar-refractivity contribution in [1.82, 2.24) is 5.32 Å². The summed E-state index contributed by atoms with van der Waals surface area (Å²) < 4.78 is 27.9. The normalized spacial score (nSPS) is 12.5. The number of amides is 1. The Morgan fingerprint density at radius 3 is 2.42 bits per heavy atom. The van der Waals surface area contributed by atoms with Crippen LogP contribution in [-0.4, -0.2) is 20.4 Å². The van der Waals surface area contributed by atoms with Gasteiger partial charge in [0.05, 0.1) is 15.5 Å². The van der Waals surface area contributed by atoms with Crippen LogP contribution in [0.1, 0.15) is 41.8 Å². The zero-order valence-electron chi connectivity index (χ0n) is 15.3. The quantitative estimate of drug-likeness (QED) is 0.767. The topological polar surface area (TPSA) is 75.3 Å². The van der Waals surface area contributed by atoms with Gasteiger partial charge in [-0.05, 0) is 68.7 Å². The highest BCUT2D eigenvalue weighted by Crippen LogP contribution is 2.23. The number of hydrogen-bond donors (Lipinski definition) is 2. The molecule has 26 heavy (non-hydrogen) atoms. The van der Waals surface area contributed by atoms with Gasteiger partial charge in [-0.15, -0.1) is 0 Å². The average Bonchev–Trinajstić information content (AvgIpc) is 2.57. The van der Waals surface area contributed by atoms with Crippen LogP contribution in [0.5, 0.6) is 0 Å². The second-order valence-electron chi connectivity index (χ2n) is 6.33. The Bertz CT molecular complexity index is 926. The number of benzene rings is 2. The van der Waals surface area contributed by atoms with Gasteiger partial charge in [0.15, 0.2) is 0 Å². The number of aryl methyl sites for hydroxylation is 2. The Balaban J connectivity index is 2.33. The van der Waals surface area contributed by atoms with Crippen molar-refractivity contribution in [2.24, 2.45) is 0 Å². The van der Waals surface area contributed by atoms with Gasteiger partial charge in [0.25, 0.3) is 15.9 Å². The lowest BCUT2D eigenvalue weighted by molar-refractivity contribution is 0.0939. The first kappa shape index (κ1) is 20.3. The summed E-state index contributed by atoms with van der Waals surface area (Å²) in [6.45, 7) is 7.68. The molecule has 2 aromatic rings. The summed E-state index contributed by atoms with van der Waals surface area (Å²) in [5.41, 5.74) is 2.65. The predicted molar refractivity (Wildman–Crippen MR) is 105 cm³/mol. The monoisotopic (exact) mass is 394 g/mol. The van der Waals surface area contributed by atoms with Gasteiger partial charge in [0.1, 0.15) is 0 Å². The van der Waals surface area contributed by atoms with E-state index in [0.717, 1.165) is 17.5 Å². The number of nitrogens with one attached hydrogen (secondary N) is 2. The molecule has 7 heteroatoms. The van der Waals surface area contributed by atoms with Crippen LogP contribution in [0.4, 0.5) is 5.69 Å². The fraction of sp³-hybridized carbons (Fsp3) is 0.316. The zero-order chi connectivity index (χ0) is 19.5. The van der Waals surface area contributed by atoms with Gasteiger partial charge in [0.2, 0.25) is 0 Å². The van der Waals surface area contributed by atoms with Gasteiger partial charge in [-0.3, -0.25) is 9.52 Å². The first-order chi connectivity index (χ1) is 12.1. The molecule has 0 saturated heterocycles. The lowest BCUT2D eigenvalue weighted by Crippen LogP contribution is -2.32. The summed E-state index contributed by atoms with van der Waals surface area (Å²) in [6, 6.07) is 9.37. The van der Waals surface area contributed by atoms with Gasteiger partial charge < -0.3 is 5.32 Å². The Hall–Kier alpha value is -2.05. The molecule has 0 saturated carbocycles. The molecule has 1 atom stereocenters. The van der Waals surface area contributed by atoms with E-state index in [1.165, 1.54) is 18.2 Å². The third-order valence-corrected chi connectivity index (χ3v) is 5.95. The van der Waals surface area contributed by atoms with E-state index >= 15 is 0 Å². The minimum Gasteiger partial charge on any atom is -0.350 e. The van der Waals surface area contributed by atoms with Crippen molar-refractivity contribution in [1.29, 1.82) is 0 Å². The molecule has 0 aliphatic carbocycles. The maximum atomic E-state index is 12.7. The van der Waals surface area contributed by atoms with Crippen molar-refractivity contribution in [3.8, 4) is 0 Å². The first-order valence-corrected chi connectivity index (χ1v) is 10.2. The van der Waals surface area contributed by atoms with Crippen molar-refractivity contribution < 1.29 is 13.2 Å². The highest BCUT2D eigenvalue weighted by atomic mass is 35.5. The molecule has 0 radical (unpaired) electrons. The van der Waals surface area contributed by atoms with Crippen LogP contribution in [0, 0.1) is 13.8 Å². The maximum absolute atomic E-state index is 12.7. The molecular formula is C19H23ClN2O3S. The van der Waals surface area contributed by atoms with Gasteiger partial charge >= 0.3 is 0 Å². The van der Waals surface area contributed by atoms with Crippen LogP contribution < -0.4 is 10.0 Å². The number of hydrogen-bond acceptors (Lipinski definition) is 3. The van der Waals surface area contributed by atoms with Crippen molar-refractivity contribution in [2.75, 3.05) is 4.72 Å². The minimum atomic E-state index is -3.84. The van der Waals surface area contributed by atoms with Crippen molar-refractivity contribution in [3.63, 3.8) is 0 Å². The van der Waals surface area contributed by atoms with Crippen LogP contribution in [0.25, 0.3) is 0 Å². The van der Waals surface area contributed by atoms with Gasteiger partial charge in [-0.1, -0.05) is 24.6 Å². The van der Waals surface area contributed by atoms with Crippen LogP contribution in [0.2, 0.25) is 5.02 Å². The number of rotatable bonds is 6. The summed E-state index contributed by atoms with van der Waals surface area (Å²) in [7, 11) is -3.84. The minimum absolute atomic E-state index is 0.0190. The van der Waals surface area contributed by atoms with Crippen molar-refractivity contribution in [3.05, 3.63) is 58.1 Å². The van der Waals surface area contributed by atoms with E-state index in [4.69, 9.17) is 11.6 Å². The third kappa shape index (κ3) is 4.77. The molecule has 0 bridgehead atoms. The second kappa shape index (κ2) is 8.10. The summed E-state index contributed by atoms with van der Waals surface area (Å²) in [6.07, 6.45) is 0.760. The van der Waals surface area contributed by atoms with Crippen LogP contribution in [0.15, 0.2) is 41.3 Å². The van der Waals surface area contributed by atoms with E-state index in [1.54, 1.807) is 12.1 Å². The number of carbonyl (C=O) groups excluding carboxylic acids is 1. The lowest BCUT2D eigenvalue weighted by Gasteiger charge is -2.14. The van der Waals surface area contributed by atoms with E-state index in [0.29, 0.717) is 5.69 Å². The molecule has 0 heterocycles. The van der Waals surface area contributed by atoms with E-state index < -0.39 is 15.9 Å². The molecule has 2 aromatic carbocycles. The van der Waals surface area contributed by atoms with Crippen molar-refractivity contribution >= 4 is 33.2 Å². The van der Waals surface area contributed by atoms with Crippen LogP contribution in [-0.2, 0) is 10.0 Å². The highest BCUT2D eigenvalue weighted by Gasteiger charge is 2.20. The molecular weight excluding hydrogens is 372 g/mol. The van der Waals surface area contributed by atoms with Gasteiger partial charge in [-0.2, -0.15) is 0 Å². The SMILES string of the molecule is CCC(C)NC(=O)c1cc(S(=O)(=O)Nc2ccc(C)c(C)c2)ccc1Cl. The van der Waals surface area contributed by atoms with E-state index in [9.17, 15) is 13.2 Å². The molecule has 140 valence electrons. The molecule has 1 unspecified atom stereocenters. The standard InChI is InChI=1S/C19H23ClN2O3S/c1-5-14(4)21-19(23)17-11-16(8-9-18(17)20)26(24,25)22-15-7-6-12(2)13(3)10-15/h6-11,14,22H,5H2,1-4H3,(H,21,23). The fourth-order valence-electron chi connectivity index (χ4n) is 2.27. The second-order valence-corrected chi connectivity index (χ2v) is 8.42. The average molecular weight is 395 g/mol. The summed E-state index contributed by atoms with van der Waals surface area (Å²) in [5.74, 6) is -0.396. The molecule has 0 aliphatic rings. The summed E-state index contributed by atoms with van der Waals surface area (Å²) >= 11 is 6.09. The number of halogens is 1. The van der Waals surface area contributed by atoms with E-state index in [-0.39, 0.29) is 21.5 Å². The fourth-order valence-corrected chi connectivity index (χ4v) is 3.55. The molecule has 5 nitrogen and oxygen atoms in total. The number of anilines is 1. The van der Waals surface area contributed by atoms with Crippen LogP contribution in [0.3, 0.4) is 0 Å². The summed E-state index contributed by atoms with van der Waals surface area (Å²) in [5, 5.41) is 2.99. The number of sulfonamides is 1. The largest absolute Gasteiger partial charge is 0.350 e. The highest BCUT2D eigenvalue weighted by molar-refractivity contribution is 7.92. The van der Waals surface area contributed by atoms with Gasteiger partial charge in [0, 0.05) is 11.7 Å². The maximum Gasteiger partial charge on any atom is 0.261 e. The Labute approximate surface area is 159 Å². The zero-order valence-corrected chi connectivity index (χ0v) is 16.8.